The number of sulfonamides is 1. The lowest BCUT2D eigenvalue weighted by Crippen LogP contribution is -2.18. The van der Waals surface area contributed by atoms with Crippen molar-refractivity contribution in [2.45, 2.75) is 11.5 Å². The van der Waals surface area contributed by atoms with Crippen LogP contribution >= 0.6 is 0 Å². The highest BCUT2D eigenvalue weighted by atomic mass is 32.2. The predicted molar refractivity (Wildman–Crippen MR) is 77.9 cm³/mol. The van der Waals surface area contributed by atoms with E-state index in [1.54, 1.807) is 6.07 Å². The summed E-state index contributed by atoms with van der Waals surface area (Å²) in [7, 11) is -2.14. The molecule has 2 rings (SSSR count). The fraction of sp³-hybridized carbons (Fsp3) is 0.143. The molecule has 0 aromatic heterocycles. The minimum absolute atomic E-state index is 0.115. The lowest BCUT2D eigenvalue weighted by atomic mass is 10.2. The molecule has 5 nitrogen and oxygen atoms in total. The summed E-state index contributed by atoms with van der Waals surface area (Å²) in [4.78, 5) is 0.115. The third-order valence-electron chi connectivity index (χ3n) is 2.80. The number of anilines is 1. The van der Waals surface area contributed by atoms with E-state index < -0.39 is 10.0 Å². The van der Waals surface area contributed by atoms with Gasteiger partial charge in [0.05, 0.1) is 10.6 Å². The van der Waals surface area contributed by atoms with E-state index in [-0.39, 0.29) is 10.6 Å². The Balaban J connectivity index is 2.15. The van der Waals surface area contributed by atoms with E-state index >= 15 is 0 Å². The molecule has 106 valence electrons. The Kier molecular flexibility index (Phi) is 4.26. The molecule has 2 aromatic carbocycles. The van der Waals surface area contributed by atoms with E-state index in [0.717, 1.165) is 5.56 Å². The van der Waals surface area contributed by atoms with Gasteiger partial charge in [-0.15, -0.1) is 0 Å². The van der Waals surface area contributed by atoms with Crippen LogP contribution in [0.1, 0.15) is 5.56 Å². The monoisotopic (exact) mass is 292 g/mol. The topological polar surface area (TPSA) is 81.4 Å². The van der Waals surface area contributed by atoms with Crippen molar-refractivity contribution < 1.29 is 13.2 Å². The predicted octanol–water partition coefficient (Wildman–Crippen LogP) is 1.76. The highest BCUT2D eigenvalue weighted by Crippen LogP contribution is 2.25. The van der Waals surface area contributed by atoms with Gasteiger partial charge in [-0.3, -0.25) is 0 Å². The van der Waals surface area contributed by atoms with Crippen molar-refractivity contribution in [3.63, 3.8) is 0 Å². The normalized spacial score (nSPS) is 11.2. The van der Waals surface area contributed by atoms with Gasteiger partial charge in [0.2, 0.25) is 10.0 Å². The second-order valence-electron chi connectivity index (χ2n) is 4.18. The Morgan fingerprint density at radius 3 is 2.45 bits per heavy atom. The average Bonchev–Trinajstić information content (AvgIpc) is 2.47. The minimum Gasteiger partial charge on any atom is -0.487 e. The SMILES string of the molecule is CNS(=O)(=O)c1ccc(OCc2ccccc2)c(N)c1. The number of nitrogens with one attached hydrogen (secondary N) is 1. The van der Waals surface area contributed by atoms with Gasteiger partial charge < -0.3 is 10.5 Å². The maximum atomic E-state index is 11.6. The van der Waals surface area contributed by atoms with Crippen LogP contribution in [0.15, 0.2) is 53.4 Å². The van der Waals surface area contributed by atoms with Gasteiger partial charge in [0.25, 0.3) is 0 Å². The zero-order valence-electron chi connectivity index (χ0n) is 11.0. The number of nitrogens with two attached hydrogens (primary N) is 1. The molecule has 0 spiro atoms. The third-order valence-corrected chi connectivity index (χ3v) is 4.21. The number of rotatable bonds is 5. The second kappa shape index (κ2) is 5.94. The molecule has 0 saturated carbocycles. The molecule has 0 unspecified atom stereocenters. The molecule has 0 saturated heterocycles. The van der Waals surface area contributed by atoms with E-state index in [1.165, 1.54) is 19.2 Å². The molecule has 0 heterocycles. The Morgan fingerprint density at radius 2 is 1.85 bits per heavy atom. The average molecular weight is 292 g/mol. The summed E-state index contributed by atoms with van der Waals surface area (Å²) in [5, 5.41) is 0. The molecule has 0 amide bonds. The highest BCUT2D eigenvalue weighted by molar-refractivity contribution is 7.89. The highest BCUT2D eigenvalue weighted by Gasteiger charge is 2.13. The van der Waals surface area contributed by atoms with Crippen LogP contribution in [0.4, 0.5) is 5.69 Å². The van der Waals surface area contributed by atoms with Gasteiger partial charge in [-0.1, -0.05) is 30.3 Å². The zero-order valence-corrected chi connectivity index (χ0v) is 11.9. The summed E-state index contributed by atoms with van der Waals surface area (Å²) in [5.41, 5.74) is 7.12. The lowest BCUT2D eigenvalue weighted by Gasteiger charge is -2.10. The van der Waals surface area contributed by atoms with E-state index in [1.807, 2.05) is 30.3 Å². The molecule has 0 radical (unpaired) electrons. The van der Waals surface area contributed by atoms with Crippen LogP contribution in [0.5, 0.6) is 5.75 Å². The number of ether oxygens (including phenoxy) is 1. The first-order valence-corrected chi connectivity index (χ1v) is 7.51. The van der Waals surface area contributed by atoms with Crippen LogP contribution in [-0.4, -0.2) is 15.5 Å². The van der Waals surface area contributed by atoms with Gasteiger partial charge in [0.15, 0.2) is 0 Å². The molecule has 6 heteroatoms. The summed E-state index contributed by atoms with van der Waals surface area (Å²) in [5.74, 6) is 0.462. The minimum atomic E-state index is -3.49. The van der Waals surface area contributed by atoms with Crippen molar-refractivity contribution in [1.29, 1.82) is 0 Å². The molecular weight excluding hydrogens is 276 g/mol. The van der Waals surface area contributed by atoms with E-state index in [2.05, 4.69) is 4.72 Å². The summed E-state index contributed by atoms with van der Waals surface area (Å²) in [6, 6.07) is 14.0. The Bertz CT molecular complexity index is 685. The first kappa shape index (κ1) is 14.4. The molecule has 0 aliphatic carbocycles. The Labute approximate surface area is 118 Å². The van der Waals surface area contributed by atoms with Crippen molar-refractivity contribution in [2.24, 2.45) is 0 Å². The maximum absolute atomic E-state index is 11.6. The van der Waals surface area contributed by atoms with Gasteiger partial charge in [-0.2, -0.15) is 0 Å². The van der Waals surface area contributed by atoms with Gasteiger partial charge >= 0.3 is 0 Å². The second-order valence-corrected chi connectivity index (χ2v) is 6.07. The van der Waals surface area contributed by atoms with Gasteiger partial charge in [-0.25, -0.2) is 13.1 Å². The van der Waals surface area contributed by atoms with Crippen molar-refractivity contribution in [2.75, 3.05) is 12.8 Å². The van der Waals surface area contributed by atoms with Crippen molar-refractivity contribution in [1.82, 2.24) is 4.72 Å². The van der Waals surface area contributed by atoms with Crippen molar-refractivity contribution >= 4 is 15.7 Å². The number of hydrogen-bond donors (Lipinski definition) is 2. The molecule has 0 fully saturated rings. The fourth-order valence-corrected chi connectivity index (χ4v) is 2.44. The van der Waals surface area contributed by atoms with Gasteiger partial charge in [0.1, 0.15) is 12.4 Å². The quantitative estimate of drug-likeness (QED) is 0.823. The van der Waals surface area contributed by atoms with Crippen molar-refractivity contribution in [3.8, 4) is 5.75 Å². The van der Waals surface area contributed by atoms with Crippen LogP contribution in [0.25, 0.3) is 0 Å². The lowest BCUT2D eigenvalue weighted by molar-refractivity contribution is 0.308. The molecule has 0 atom stereocenters. The number of hydrogen-bond acceptors (Lipinski definition) is 4. The molecule has 2 aromatic rings. The number of benzene rings is 2. The smallest absolute Gasteiger partial charge is 0.240 e. The van der Waals surface area contributed by atoms with Crippen LogP contribution in [0, 0.1) is 0 Å². The summed E-state index contributed by atoms with van der Waals surface area (Å²) < 4.78 is 31.1. The molecule has 0 bridgehead atoms. The summed E-state index contributed by atoms with van der Waals surface area (Å²) >= 11 is 0. The first-order valence-electron chi connectivity index (χ1n) is 6.03. The van der Waals surface area contributed by atoms with Crippen LogP contribution in [0.2, 0.25) is 0 Å². The standard InChI is InChI=1S/C14H16N2O3S/c1-16-20(17,18)12-7-8-14(13(15)9-12)19-10-11-5-3-2-4-6-11/h2-9,16H,10,15H2,1H3. The van der Waals surface area contributed by atoms with Crippen LogP contribution in [-0.2, 0) is 16.6 Å². The summed E-state index contributed by atoms with van der Waals surface area (Å²) in [6.45, 7) is 0.378. The molecule has 0 aliphatic rings. The molecule has 0 aliphatic heterocycles. The Morgan fingerprint density at radius 1 is 1.15 bits per heavy atom. The van der Waals surface area contributed by atoms with E-state index in [9.17, 15) is 8.42 Å². The summed E-state index contributed by atoms with van der Waals surface area (Å²) in [6.07, 6.45) is 0. The van der Waals surface area contributed by atoms with Crippen LogP contribution < -0.4 is 15.2 Å². The fourth-order valence-electron chi connectivity index (χ4n) is 1.68. The molecule has 3 N–H and O–H groups in total. The van der Waals surface area contributed by atoms with E-state index in [0.29, 0.717) is 12.4 Å². The molecule has 20 heavy (non-hydrogen) atoms. The van der Waals surface area contributed by atoms with E-state index in [4.69, 9.17) is 10.5 Å². The largest absolute Gasteiger partial charge is 0.487 e. The maximum Gasteiger partial charge on any atom is 0.240 e. The molecular formula is C14H16N2O3S. The number of nitrogen functional groups attached to an aromatic ring is 1. The third kappa shape index (κ3) is 3.28. The zero-order chi connectivity index (χ0) is 14.6. The van der Waals surface area contributed by atoms with Crippen molar-refractivity contribution in [3.05, 3.63) is 54.1 Å². The first-order chi connectivity index (χ1) is 9.53. The Hall–Kier alpha value is -2.05. The van der Waals surface area contributed by atoms with Crippen LogP contribution in [0.3, 0.4) is 0 Å². The van der Waals surface area contributed by atoms with Gasteiger partial charge in [-0.05, 0) is 30.8 Å². The van der Waals surface area contributed by atoms with Gasteiger partial charge in [0, 0.05) is 0 Å².